The van der Waals surface area contributed by atoms with Gasteiger partial charge in [-0.2, -0.15) is 22.7 Å². The number of benzene rings is 2. The molecular weight excluding hydrogens is 425 g/mol. The van der Waals surface area contributed by atoms with Crippen LogP contribution in [0.5, 0.6) is 0 Å². The van der Waals surface area contributed by atoms with E-state index in [9.17, 15) is 4.39 Å². The van der Waals surface area contributed by atoms with Gasteiger partial charge in [0.25, 0.3) is 0 Å². The highest BCUT2D eigenvalue weighted by Crippen LogP contribution is 2.47. The molecule has 0 fully saturated rings. The molecule has 0 bridgehead atoms. The van der Waals surface area contributed by atoms with Gasteiger partial charge in [0.1, 0.15) is 11.4 Å². The van der Waals surface area contributed by atoms with E-state index >= 15 is 0 Å². The third kappa shape index (κ3) is 3.19. The number of hydrogen-bond acceptors (Lipinski definition) is 4. The topological polar surface area (TPSA) is 21.3 Å². The molecule has 6 heteroatoms. The summed E-state index contributed by atoms with van der Waals surface area (Å²) in [5, 5.41) is 12.1. The molecule has 0 unspecified atom stereocenters. The average Bonchev–Trinajstić information content (AvgIpc) is 3.43. The summed E-state index contributed by atoms with van der Waals surface area (Å²) in [5.41, 5.74) is 5.45. The van der Waals surface area contributed by atoms with Crippen LogP contribution in [-0.4, -0.2) is 13.2 Å². The zero-order valence-corrected chi connectivity index (χ0v) is 17.7. The summed E-state index contributed by atoms with van der Waals surface area (Å²) in [4.78, 5) is 0. The molecule has 4 aromatic rings. The number of ether oxygens (including phenoxy) is 1. The Bertz CT molecular complexity index is 1110. The van der Waals surface area contributed by atoms with Crippen molar-refractivity contribution in [2.24, 2.45) is 0 Å². The minimum Gasteiger partial charge on any atom is -0.382 e. The Balaban J connectivity index is 1.76. The van der Waals surface area contributed by atoms with Gasteiger partial charge in [0.15, 0.2) is 0 Å². The second kappa shape index (κ2) is 7.58. The molecule has 0 amide bonds. The van der Waals surface area contributed by atoms with E-state index in [1.165, 1.54) is 6.07 Å². The van der Waals surface area contributed by atoms with Crippen LogP contribution in [0.1, 0.15) is 16.7 Å². The normalized spacial score (nSPS) is 15.4. The van der Waals surface area contributed by atoms with Gasteiger partial charge in [-0.15, -0.1) is 0 Å². The first kappa shape index (κ1) is 18.8. The van der Waals surface area contributed by atoms with E-state index < -0.39 is 11.4 Å². The second-order valence-electron chi connectivity index (χ2n) is 6.87. The van der Waals surface area contributed by atoms with Gasteiger partial charge in [-0.25, -0.2) is 4.39 Å². The lowest BCUT2D eigenvalue weighted by molar-refractivity contribution is 0.0239. The number of nitrogens with one attached hydrogen (secondary N) is 1. The highest BCUT2D eigenvalue weighted by atomic mass is 35.5. The summed E-state index contributed by atoms with van der Waals surface area (Å²) in [7, 11) is 0. The van der Waals surface area contributed by atoms with Crippen LogP contribution in [0.2, 0.25) is 5.02 Å². The number of halogens is 2. The molecule has 146 valence electrons. The average molecular weight is 442 g/mol. The Labute approximate surface area is 181 Å². The lowest BCUT2D eigenvalue weighted by Gasteiger charge is -2.33. The summed E-state index contributed by atoms with van der Waals surface area (Å²) in [5.74, 6) is -0.416. The molecular formula is C23H17ClFNOS2. The van der Waals surface area contributed by atoms with Gasteiger partial charge < -0.3 is 10.1 Å². The van der Waals surface area contributed by atoms with E-state index in [0.29, 0.717) is 6.61 Å². The van der Waals surface area contributed by atoms with Crippen LogP contribution in [-0.2, 0) is 10.3 Å². The Morgan fingerprint density at radius 3 is 2.28 bits per heavy atom. The van der Waals surface area contributed by atoms with Crippen LogP contribution in [0.3, 0.4) is 0 Å². The van der Waals surface area contributed by atoms with Crippen molar-refractivity contribution >= 4 is 40.0 Å². The zero-order chi connectivity index (χ0) is 19.8. The second-order valence-corrected chi connectivity index (χ2v) is 8.84. The standard InChI is InChI=1S/C23H17ClFNOS2/c24-20-12-16(1-3-21(20)25)15-2-4-22-19(11-15)23(27-8-7-26-22,17-5-9-28-13-17)18-6-10-29-14-18/h1-6,9-14,26H,7-8H2. The van der Waals surface area contributed by atoms with Crippen LogP contribution < -0.4 is 5.32 Å². The molecule has 0 atom stereocenters. The molecule has 0 aliphatic carbocycles. The number of hydrogen-bond donors (Lipinski definition) is 1. The maximum atomic E-state index is 13.7. The highest BCUT2D eigenvalue weighted by Gasteiger charge is 2.41. The van der Waals surface area contributed by atoms with Crippen molar-refractivity contribution in [2.45, 2.75) is 5.60 Å². The van der Waals surface area contributed by atoms with E-state index in [-0.39, 0.29) is 5.02 Å². The van der Waals surface area contributed by atoms with Crippen LogP contribution in [0.15, 0.2) is 70.1 Å². The Kier molecular flexibility index (Phi) is 4.92. The quantitative estimate of drug-likeness (QED) is 0.369. The fourth-order valence-corrected chi connectivity index (χ4v) is 5.46. The Hall–Kier alpha value is -2.18. The van der Waals surface area contributed by atoms with Crippen molar-refractivity contribution < 1.29 is 9.13 Å². The molecule has 2 aromatic carbocycles. The van der Waals surface area contributed by atoms with E-state index in [4.69, 9.17) is 16.3 Å². The minimum atomic E-state index is -0.696. The number of fused-ring (bicyclic) bond motifs is 1. The molecule has 1 aliphatic heterocycles. The molecule has 3 heterocycles. The van der Waals surface area contributed by atoms with Crippen molar-refractivity contribution in [2.75, 3.05) is 18.5 Å². The van der Waals surface area contributed by atoms with Gasteiger partial charge in [-0.1, -0.05) is 23.7 Å². The van der Waals surface area contributed by atoms with Gasteiger partial charge >= 0.3 is 0 Å². The molecule has 0 saturated heterocycles. The van der Waals surface area contributed by atoms with E-state index in [2.05, 4.69) is 51.1 Å². The fraction of sp³-hybridized carbons (Fsp3) is 0.130. The van der Waals surface area contributed by atoms with Crippen molar-refractivity contribution in [1.29, 1.82) is 0 Å². The summed E-state index contributed by atoms with van der Waals surface area (Å²) in [6.45, 7) is 1.31. The van der Waals surface area contributed by atoms with Crippen molar-refractivity contribution in [3.05, 3.63) is 97.6 Å². The largest absolute Gasteiger partial charge is 0.382 e. The smallest absolute Gasteiger partial charge is 0.147 e. The van der Waals surface area contributed by atoms with Gasteiger partial charge in [0.05, 0.1) is 11.6 Å². The molecule has 2 aromatic heterocycles. The maximum Gasteiger partial charge on any atom is 0.147 e. The summed E-state index contributed by atoms with van der Waals surface area (Å²) in [6.07, 6.45) is 0. The summed E-state index contributed by atoms with van der Waals surface area (Å²) < 4.78 is 20.3. The van der Waals surface area contributed by atoms with Gasteiger partial charge in [-0.05, 0) is 69.0 Å². The van der Waals surface area contributed by atoms with Crippen molar-refractivity contribution in [3.63, 3.8) is 0 Å². The molecule has 1 N–H and O–H groups in total. The fourth-order valence-electron chi connectivity index (χ4n) is 3.89. The SMILES string of the molecule is Fc1ccc(-c2ccc3c(c2)C(c2ccsc2)(c2ccsc2)OCCN3)cc1Cl. The molecule has 5 rings (SSSR count). The first-order valence-corrected chi connectivity index (χ1v) is 11.5. The first-order chi connectivity index (χ1) is 14.2. The molecule has 29 heavy (non-hydrogen) atoms. The Morgan fingerprint density at radius 2 is 1.62 bits per heavy atom. The van der Waals surface area contributed by atoms with Crippen LogP contribution in [0, 0.1) is 5.82 Å². The zero-order valence-electron chi connectivity index (χ0n) is 15.3. The van der Waals surface area contributed by atoms with Crippen molar-refractivity contribution in [1.82, 2.24) is 0 Å². The summed E-state index contributed by atoms with van der Waals surface area (Å²) >= 11 is 9.36. The van der Waals surface area contributed by atoms with Crippen LogP contribution in [0.25, 0.3) is 11.1 Å². The van der Waals surface area contributed by atoms with Crippen molar-refractivity contribution in [3.8, 4) is 11.1 Å². The molecule has 0 radical (unpaired) electrons. The van der Waals surface area contributed by atoms with Gasteiger partial charge in [0, 0.05) is 28.9 Å². The predicted octanol–water partition coefficient (Wildman–Crippen LogP) is 7.00. The predicted molar refractivity (Wildman–Crippen MR) is 120 cm³/mol. The van der Waals surface area contributed by atoms with Crippen LogP contribution in [0.4, 0.5) is 10.1 Å². The molecule has 0 spiro atoms. The first-order valence-electron chi connectivity index (χ1n) is 9.21. The number of rotatable bonds is 3. The highest BCUT2D eigenvalue weighted by molar-refractivity contribution is 7.08. The van der Waals surface area contributed by atoms with Gasteiger partial charge in [-0.3, -0.25) is 0 Å². The van der Waals surface area contributed by atoms with E-state index in [1.807, 2.05) is 6.07 Å². The summed E-state index contributed by atoms with van der Waals surface area (Å²) in [6, 6.07) is 15.3. The van der Waals surface area contributed by atoms with Crippen LogP contribution >= 0.6 is 34.3 Å². The molecule has 2 nitrogen and oxygen atoms in total. The molecule has 1 aliphatic rings. The minimum absolute atomic E-state index is 0.119. The third-order valence-electron chi connectivity index (χ3n) is 5.24. The monoisotopic (exact) mass is 441 g/mol. The van der Waals surface area contributed by atoms with E-state index in [1.54, 1.807) is 34.8 Å². The maximum absolute atomic E-state index is 13.7. The number of thiophene rings is 2. The third-order valence-corrected chi connectivity index (χ3v) is 6.90. The van der Waals surface area contributed by atoms with Gasteiger partial charge in [0.2, 0.25) is 0 Å². The molecule has 0 saturated carbocycles. The Morgan fingerprint density at radius 1 is 0.931 bits per heavy atom. The lowest BCUT2D eigenvalue weighted by Crippen LogP contribution is -2.32. The lowest BCUT2D eigenvalue weighted by atomic mass is 9.80. The number of anilines is 1. The van der Waals surface area contributed by atoms with E-state index in [0.717, 1.165) is 40.0 Å².